The van der Waals surface area contributed by atoms with Crippen molar-refractivity contribution in [1.29, 1.82) is 0 Å². The standard InChI is InChI=1S/C11H7Cl3N2O2S/c12-5-1-7(13)10(8(14)2-5)16-11-15-6(4-19-11)3-9(17)18/h1-2,4H,3H2,(H,15,16)(H,17,18). The number of hydrogen-bond donors (Lipinski definition) is 2. The van der Waals surface area contributed by atoms with E-state index in [0.717, 1.165) is 0 Å². The Morgan fingerprint density at radius 3 is 2.53 bits per heavy atom. The highest BCUT2D eigenvalue weighted by molar-refractivity contribution is 7.13. The van der Waals surface area contributed by atoms with Crippen molar-refractivity contribution in [3.8, 4) is 0 Å². The van der Waals surface area contributed by atoms with Crippen LogP contribution in [0.25, 0.3) is 0 Å². The first-order valence-corrected chi connectivity index (χ1v) is 7.05. The van der Waals surface area contributed by atoms with Crippen molar-refractivity contribution in [1.82, 2.24) is 4.98 Å². The van der Waals surface area contributed by atoms with E-state index >= 15 is 0 Å². The minimum absolute atomic E-state index is 0.125. The van der Waals surface area contributed by atoms with E-state index in [0.29, 0.717) is 31.6 Å². The average molecular weight is 338 g/mol. The lowest BCUT2D eigenvalue weighted by atomic mass is 10.3. The minimum atomic E-state index is -0.931. The summed E-state index contributed by atoms with van der Waals surface area (Å²) in [7, 11) is 0. The second-order valence-corrected chi connectivity index (χ2v) is 5.69. The summed E-state index contributed by atoms with van der Waals surface area (Å²) < 4.78 is 0. The number of rotatable bonds is 4. The van der Waals surface area contributed by atoms with Gasteiger partial charge in [0.1, 0.15) is 0 Å². The van der Waals surface area contributed by atoms with Crippen molar-refractivity contribution in [2.45, 2.75) is 6.42 Å². The fourth-order valence-corrected chi connectivity index (χ4v) is 3.00. The van der Waals surface area contributed by atoms with E-state index in [9.17, 15) is 4.79 Å². The van der Waals surface area contributed by atoms with E-state index in [2.05, 4.69) is 10.3 Å². The largest absolute Gasteiger partial charge is 0.481 e. The summed E-state index contributed by atoms with van der Waals surface area (Å²) in [6.07, 6.45) is -0.125. The Morgan fingerprint density at radius 2 is 1.95 bits per heavy atom. The molecule has 1 aromatic carbocycles. The van der Waals surface area contributed by atoms with Gasteiger partial charge in [0.25, 0.3) is 0 Å². The molecule has 100 valence electrons. The molecular formula is C11H7Cl3N2O2S. The van der Waals surface area contributed by atoms with Crippen LogP contribution in [-0.2, 0) is 11.2 Å². The number of aliphatic carboxylic acids is 1. The zero-order valence-electron chi connectivity index (χ0n) is 9.28. The second-order valence-electron chi connectivity index (χ2n) is 3.58. The van der Waals surface area contributed by atoms with Crippen LogP contribution in [0.1, 0.15) is 5.69 Å². The molecule has 8 heteroatoms. The minimum Gasteiger partial charge on any atom is -0.481 e. The first-order valence-electron chi connectivity index (χ1n) is 5.03. The predicted octanol–water partition coefficient (Wildman–Crippen LogP) is 4.47. The lowest BCUT2D eigenvalue weighted by molar-refractivity contribution is -0.136. The SMILES string of the molecule is O=C(O)Cc1csc(Nc2c(Cl)cc(Cl)cc2Cl)n1. The highest BCUT2D eigenvalue weighted by atomic mass is 35.5. The van der Waals surface area contributed by atoms with E-state index in [1.54, 1.807) is 17.5 Å². The number of hydrogen-bond acceptors (Lipinski definition) is 4. The highest BCUT2D eigenvalue weighted by Gasteiger charge is 2.11. The maximum atomic E-state index is 10.6. The Labute approximate surface area is 127 Å². The van der Waals surface area contributed by atoms with E-state index in [-0.39, 0.29) is 6.42 Å². The van der Waals surface area contributed by atoms with E-state index in [1.165, 1.54) is 11.3 Å². The number of aromatic nitrogens is 1. The van der Waals surface area contributed by atoms with Crippen LogP contribution < -0.4 is 5.32 Å². The van der Waals surface area contributed by atoms with Gasteiger partial charge in [-0.25, -0.2) is 4.98 Å². The van der Waals surface area contributed by atoms with Crippen LogP contribution in [0.5, 0.6) is 0 Å². The van der Waals surface area contributed by atoms with E-state index < -0.39 is 5.97 Å². The van der Waals surface area contributed by atoms with Gasteiger partial charge in [-0.05, 0) is 12.1 Å². The van der Waals surface area contributed by atoms with Gasteiger partial charge in [0.15, 0.2) is 5.13 Å². The molecule has 0 amide bonds. The fourth-order valence-electron chi connectivity index (χ4n) is 1.37. The smallest absolute Gasteiger partial charge is 0.309 e. The summed E-state index contributed by atoms with van der Waals surface area (Å²) in [5.74, 6) is -0.931. The number of carbonyl (C=O) groups is 1. The van der Waals surface area contributed by atoms with Crippen LogP contribution in [-0.4, -0.2) is 16.1 Å². The van der Waals surface area contributed by atoms with Crippen molar-refractivity contribution >= 4 is 62.9 Å². The molecule has 0 radical (unpaired) electrons. The predicted molar refractivity (Wildman–Crippen MR) is 78.2 cm³/mol. The first kappa shape index (κ1) is 14.4. The van der Waals surface area contributed by atoms with Gasteiger partial charge in [-0.1, -0.05) is 34.8 Å². The normalized spacial score (nSPS) is 10.5. The number of anilines is 2. The second kappa shape index (κ2) is 5.96. The van der Waals surface area contributed by atoms with Gasteiger partial charge in [-0.2, -0.15) is 0 Å². The molecule has 2 N–H and O–H groups in total. The summed E-state index contributed by atoms with van der Waals surface area (Å²) in [6, 6.07) is 3.12. The van der Waals surface area contributed by atoms with Gasteiger partial charge in [0.05, 0.1) is 27.8 Å². The molecule has 2 rings (SSSR count). The van der Waals surface area contributed by atoms with Gasteiger partial charge in [0, 0.05) is 10.4 Å². The van der Waals surface area contributed by atoms with E-state index in [4.69, 9.17) is 39.9 Å². The van der Waals surface area contributed by atoms with Crippen molar-refractivity contribution in [2.24, 2.45) is 0 Å². The van der Waals surface area contributed by atoms with Crippen LogP contribution in [0.15, 0.2) is 17.5 Å². The van der Waals surface area contributed by atoms with Crippen LogP contribution in [0.2, 0.25) is 15.1 Å². The molecule has 0 spiro atoms. The molecule has 1 heterocycles. The van der Waals surface area contributed by atoms with Gasteiger partial charge >= 0.3 is 5.97 Å². The van der Waals surface area contributed by atoms with Gasteiger partial charge in [-0.15, -0.1) is 11.3 Å². The summed E-state index contributed by atoms with van der Waals surface area (Å²) in [6.45, 7) is 0. The topological polar surface area (TPSA) is 62.2 Å². The van der Waals surface area contributed by atoms with Crippen LogP contribution >= 0.6 is 46.1 Å². The molecule has 0 unspecified atom stereocenters. The molecule has 4 nitrogen and oxygen atoms in total. The Bertz CT molecular complexity index is 607. The molecule has 0 saturated carbocycles. The number of nitrogens with one attached hydrogen (secondary N) is 1. The number of thiazole rings is 1. The average Bonchev–Trinajstić information content (AvgIpc) is 2.70. The fraction of sp³-hybridized carbons (Fsp3) is 0.0909. The third-order valence-electron chi connectivity index (χ3n) is 2.12. The number of nitrogens with zero attached hydrogens (tertiary/aromatic N) is 1. The summed E-state index contributed by atoms with van der Waals surface area (Å²) >= 11 is 19.1. The molecule has 0 fully saturated rings. The lowest BCUT2D eigenvalue weighted by Crippen LogP contribution is -2.00. The third kappa shape index (κ3) is 3.73. The zero-order valence-corrected chi connectivity index (χ0v) is 12.4. The maximum absolute atomic E-state index is 10.6. The molecule has 0 saturated heterocycles. The van der Waals surface area contributed by atoms with Gasteiger partial charge < -0.3 is 10.4 Å². The lowest BCUT2D eigenvalue weighted by Gasteiger charge is -2.08. The molecule has 1 aromatic heterocycles. The molecule has 0 bridgehead atoms. The molecule has 0 aliphatic heterocycles. The van der Waals surface area contributed by atoms with Crippen LogP contribution in [0.4, 0.5) is 10.8 Å². The summed E-state index contributed by atoms with van der Waals surface area (Å²) in [5, 5.41) is 15.0. The Morgan fingerprint density at radius 1 is 1.32 bits per heavy atom. The Kier molecular flexibility index (Phi) is 4.52. The molecular weight excluding hydrogens is 331 g/mol. The quantitative estimate of drug-likeness (QED) is 0.864. The first-order chi connectivity index (χ1) is 8.95. The summed E-state index contributed by atoms with van der Waals surface area (Å²) in [5.41, 5.74) is 0.963. The van der Waals surface area contributed by atoms with Gasteiger partial charge in [0.2, 0.25) is 0 Å². The van der Waals surface area contributed by atoms with Crippen molar-refractivity contribution in [3.05, 3.63) is 38.3 Å². The number of carboxylic acids is 1. The highest BCUT2D eigenvalue weighted by Crippen LogP contribution is 2.36. The van der Waals surface area contributed by atoms with Crippen LogP contribution in [0.3, 0.4) is 0 Å². The van der Waals surface area contributed by atoms with Crippen LogP contribution in [0, 0.1) is 0 Å². The monoisotopic (exact) mass is 336 g/mol. The number of benzene rings is 1. The Hall–Kier alpha value is -1.01. The zero-order chi connectivity index (χ0) is 14.0. The number of carboxylic acid groups (broad SMARTS) is 1. The molecule has 19 heavy (non-hydrogen) atoms. The van der Waals surface area contributed by atoms with Gasteiger partial charge in [-0.3, -0.25) is 4.79 Å². The maximum Gasteiger partial charge on any atom is 0.309 e. The molecule has 0 aliphatic carbocycles. The molecule has 2 aromatic rings. The Balaban J connectivity index is 2.22. The van der Waals surface area contributed by atoms with E-state index in [1.807, 2.05) is 0 Å². The van der Waals surface area contributed by atoms with Crippen molar-refractivity contribution in [3.63, 3.8) is 0 Å². The van der Waals surface area contributed by atoms with Crippen molar-refractivity contribution in [2.75, 3.05) is 5.32 Å². The van der Waals surface area contributed by atoms with Crippen molar-refractivity contribution < 1.29 is 9.90 Å². The molecule has 0 aliphatic rings. The summed E-state index contributed by atoms with van der Waals surface area (Å²) in [4.78, 5) is 14.7. The number of halogens is 3. The third-order valence-corrected chi connectivity index (χ3v) is 3.74. The molecule has 0 atom stereocenters.